The predicted octanol–water partition coefficient (Wildman–Crippen LogP) is 5.95. The third kappa shape index (κ3) is 9.10. The zero-order valence-corrected chi connectivity index (χ0v) is 39.7. The Hall–Kier alpha value is -3.97. The number of nitrogens with one attached hydrogen (secondary N) is 1. The van der Waals surface area contributed by atoms with Gasteiger partial charge in [0.25, 0.3) is 0 Å². The lowest BCUT2D eigenvalue weighted by atomic mass is 9.44. The molecule has 3 aliphatic carbocycles. The Bertz CT molecular complexity index is 2090. The van der Waals surface area contributed by atoms with Gasteiger partial charge in [0.1, 0.15) is 35.6 Å². The highest BCUT2D eigenvalue weighted by atomic mass is 32.2. The average molecular weight is 928 g/mol. The van der Waals surface area contributed by atoms with Crippen molar-refractivity contribution in [3.8, 4) is 0 Å². The minimum absolute atomic E-state index is 0.0320. The smallest absolute Gasteiger partial charge is 0.408 e. The van der Waals surface area contributed by atoms with E-state index in [-0.39, 0.29) is 36.0 Å². The van der Waals surface area contributed by atoms with Crippen LogP contribution in [0.3, 0.4) is 0 Å². The summed E-state index contributed by atoms with van der Waals surface area (Å²) in [4.78, 5) is 71.2. The van der Waals surface area contributed by atoms with E-state index >= 15 is 4.79 Å². The molecule has 15 nitrogen and oxygen atoms in total. The van der Waals surface area contributed by atoms with Crippen LogP contribution in [-0.2, 0) is 47.5 Å². The summed E-state index contributed by atoms with van der Waals surface area (Å²) in [5, 5.41) is 28.3. The number of hydrogen-bond acceptors (Lipinski definition) is 16. The number of ketones is 1. The number of fused-ring (bicyclic) bond motifs is 5. The highest BCUT2D eigenvalue weighted by Gasteiger charge is 2.78. The quantitative estimate of drug-likeness (QED) is 0.0868. The van der Waals surface area contributed by atoms with Crippen molar-refractivity contribution in [1.29, 1.82) is 0 Å². The maximum Gasteiger partial charge on any atom is 0.408 e. The number of benzene rings is 2. The Morgan fingerprint density at radius 2 is 1.55 bits per heavy atom. The first-order chi connectivity index (χ1) is 30.1. The Morgan fingerprint density at radius 1 is 0.938 bits per heavy atom. The van der Waals surface area contributed by atoms with Crippen molar-refractivity contribution >= 4 is 53.3 Å². The van der Waals surface area contributed by atoms with Gasteiger partial charge in [0.2, 0.25) is 0 Å². The van der Waals surface area contributed by atoms with Crippen molar-refractivity contribution in [3.63, 3.8) is 0 Å². The van der Waals surface area contributed by atoms with Crippen LogP contribution >= 0.6 is 23.5 Å². The Morgan fingerprint density at radius 3 is 2.11 bits per heavy atom. The first-order valence-electron chi connectivity index (χ1n) is 21.3. The fourth-order valence-electron chi connectivity index (χ4n) is 10.2. The van der Waals surface area contributed by atoms with Crippen molar-refractivity contribution in [2.24, 2.45) is 16.7 Å². The normalized spacial score (nSPS) is 31.7. The van der Waals surface area contributed by atoms with Crippen LogP contribution in [0.15, 0.2) is 71.8 Å². The number of carbonyl (C=O) groups excluding carboxylic acids is 5. The summed E-state index contributed by atoms with van der Waals surface area (Å²) in [5.41, 5.74) is -6.77. The molecule has 1 saturated heterocycles. The number of rotatable bonds is 14. The van der Waals surface area contributed by atoms with E-state index in [0.717, 1.165) is 0 Å². The largest absolute Gasteiger partial charge is 0.456 e. The van der Waals surface area contributed by atoms with Crippen LogP contribution in [0.2, 0.25) is 0 Å². The van der Waals surface area contributed by atoms with E-state index in [4.69, 9.17) is 33.2 Å². The van der Waals surface area contributed by atoms with Crippen LogP contribution in [0.5, 0.6) is 0 Å². The number of aliphatic hydroxyl groups excluding tert-OH is 1. The van der Waals surface area contributed by atoms with Crippen LogP contribution in [0.4, 0.5) is 4.79 Å². The first-order valence-corrected chi connectivity index (χ1v) is 24.0. The zero-order valence-electron chi connectivity index (χ0n) is 38.0. The zero-order chi connectivity index (χ0) is 47.0. The van der Waals surface area contributed by atoms with Crippen LogP contribution in [0, 0.1) is 16.7 Å². The molecule has 2 aromatic rings. The highest BCUT2D eigenvalue weighted by molar-refractivity contribution is 7.98. The van der Waals surface area contributed by atoms with E-state index in [1.807, 2.05) is 6.26 Å². The fraction of sp³-hybridized carbons (Fsp3) is 0.596. The molecule has 6 rings (SSSR count). The first kappa shape index (κ1) is 49.5. The van der Waals surface area contributed by atoms with Gasteiger partial charge in [0, 0.05) is 25.2 Å². The third-order valence-corrected chi connectivity index (χ3v) is 14.0. The number of ether oxygens (including phenoxy) is 7. The molecule has 4 aliphatic rings. The molecule has 2 aromatic carbocycles. The van der Waals surface area contributed by atoms with Crippen LogP contribution in [0.25, 0.3) is 0 Å². The Labute approximate surface area is 383 Å². The van der Waals surface area contributed by atoms with E-state index in [0.29, 0.717) is 11.1 Å². The molecule has 2 saturated carbocycles. The van der Waals surface area contributed by atoms with Gasteiger partial charge in [-0.05, 0) is 76.0 Å². The monoisotopic (exact) mass is 927 g/mol. The summed E-state index contributed by atoms with van der Waals surface area (Å²) in [7, 11) is 0. The number of amides is 1. The molecule has 2 bridgehead atoms. The lowest BCUT2D eigenvalue weighted by Crippen LogP contribution is -2.82. The van der Waals surface area contributed by atoms with Crippen molar-refractivity contribution in [2.75, 3.05) is 31.0 Å². The van der Waals surface area contributed by atoms with Gasteiger partial charge < -0.3 is 48.7 Å². The van der Waals surface area contributed by atoms with E-state index in [2.05, 4.69) is 5.32 Å². The van der Waals surface area contributed by atoms with Crippen molar-refractivity contribution in [3.05, 3.63) is 82.9 Å². The van der Waals surface area contributed by atoms with Gasteiger partial charge in [-0.1, -0.05) is 62.4 Å². The molecular weight excluding hydrogens is 867 g/mol. The van der Waals surface area contributed by atoms with Crippen LogP contribution in [0.1, 0.15) is 90.2 Å². The maximum absolute atomic E-state index is 16.0. The van der Waals surface area contributed by atoms with E-state index in [1.165, 1.54) is 30.4 Å². The van der Waals surface area contributed by atoms with E-state index < -0.39 is 112 Å². The number of Topliss-reactive ketones (excluding diaryl/α,β-unsaturated/α-hetero) is 1. The number of hydrogen-bond donors (Lipinski definition) is 3. The number of thioether (sulfide) groups is 2. The number of carbonyl (C=O) groups is 5. The maximum atomic E-state index is 16.0. The molecule has 0 spiro atoms. The summed E-state index contributed by atoms with van der Waals surface area (Å²) in [6, 6.07) is 15.1. The molecule has 350 valence electrons. The number of alkyl carbamates (subject to hydrolysis) is 1. The Kier molecular flexibility index (Phi) is 14.8. The standard InChI is InChI=1S/C47H61NO14S2/c1-26-30(59-41(53)35(50)34(28-17-13-11-14-18-28)48-42(54)62-43(3,4)5)22-47(55)39(60-40(52)29-19-15-12-16-20-29)37-45(8,38(51)36(58-25-64-10)33(26)44(47,6)7)31(57-24-63-9)21-32-46(37,23-56-32)61-27(2)49/h11-20,30-32,34-37,39,50,55H,21-25H2,1-10H3,(H,48,54)/t30-,31-,32+,34-,35+,36+,37-,39-,45+,46-,47+/m0/s1. The van der Waals surface area contributed by atoms with Gasteiger partial charge >= 0.3 is 24.0 Å². The predicted molar refractivity (Wildman–Crippen MR) is 238 cm³/mol. The number of aliphatic hydroxyl groups is 2. The lowest BCUT2D eigenvalue weighted by Gasteiger charge is -2.68. The van der Waals surface area contributed by atoms with Crippen LogP contribution in [-0.4, -0.2) is 124 Å². The second-order valence-corrected chi connectivity index (χ2v) is 20.3. The molecule has 17 heteroatoms. The number of esters is 3. The van der Waals surface area contributed by atoms with Gasteiger partial charge in [0.05, 0.1) is 47.5 Å². The molecule has 1 heterocycles. The third-order valence-electron chi connectivity index (χ3n) is 13.3. The summed E-state index contributed by atoms with van der Waals surface area (Å²) in [6.07, 6.45) is -5.72. The highest BCUT2D eigenvalue weighted by Crippen LogP contribution is 2.65. The lowest BCUT2D eigenvalue weighted by molar-refractivity contribution is -0.347. The van der Waals surface area contributed by atoms with Crippen LogP contribution < -0.4 is 5.32 Å². The minimum Gasteiger partial charge on any atom is -0.456 e. The van der Waals surface area contributed by atoms with Crippen molar-refractivity contribution in [1.82, 2.24) is 5.32 Å². The molecular formula is C47H61NO14S2. The fourth-order valence-corrected chi connectivity index (χ4v) is 10.8. The second kappa shape index (κ2) is 19.1. The summed E-state index contributed by atoms with van der Waals surface area (Å²) >= 11 is 2.71. The summed E-state index contributed by atoms with van der Waals surface area (Å²) in [5.74, 6) is -4.30. The molecule has 0 radical (unpaired) electrons. The van der Waals surface area contributed by atoms with Crippen molar-refractivity contribution in [2.45, 2.75) is 128 Å². The summed E-state index contributed by atoms with van der Waals surface area (Å²) in [6.45, 7) is 12.8. The van der Waals surface area contributed by atoms with Gasteiger partial charge in [-0.2, -0.15) is 0 Å². The van der Waals surface area contributed by atoms with E-state index in [9.17, 15) is 29.4 Å². The van der Waals surface area contributed by atoms with Gasteiger partial charge in [-0.15, -0.1) is 23.5 Å². The Balaban J connectivity index is 1.56. The molecule has 0 unspecified atom stereocenters. The summed E-state index contributed by atoms with van der Waals surface area (Å²) < 4.78 is 43.7. The van der Waals surface area contributed by atoms with Gasteiger partial charge in [0.15, 0.2) is 17.5 Å². The topological polar surface area (TPSA) is 202 Å². The molecule has 3 fully saturated rings. The van der Waals surface area contributed by atoms with Gasteiger partial charge in [-0.25, -0.2) is 14.4 Å². The SMILES string of the molecule is CSCO[C@H]1C(=O)[C@]2(C)[C@@H](OCSC)C[C@H]3OC[C@@]3(OC(C)=O)[C@H]2[C@H](OC(=O)c2ccccc2)[C@]2(O)C[C@H](OC(=O)[C@H](O)[C@@H](NC(=O)OC(C)(C)C)c3ccccc3)C(C)=C1C2(C)C. The molecule has 1 amide bonds. The van der Waals surface area contributed by atoms with Gasteiger partial charge in [-0.3, -0.25) is 9.59 Å². The second-order valence-electron chi connectivity index (χ2n) is 18.7. The molecule has 0 aromatic heterocycles. The molecule has 3 N–H and O–H groups in total. The average Bonchev–Trinajstić information content (AvgIpc) is 3.23. The minimum atomic E-state index is -2.24. The molecule has 1 aliphatic heterocycles. The molecule has 64 heavy (non-hydrogen) atoms. The molecule has 11 atom stereocenters. The van der Waals surface area contributed by atoms with E-state index in [1.54, 1.807) is 115 Å². The van der Waals surface area contributed by atoms with Crippen molar-refractivity contribution < 1.29 is 67.3 Å².